The average Bonchev–Trinajstić information content (AvgIpc) is 3.55. The zero-order valence-electron chi connectivity index (χ0n) is 18.0. The Kier molecular flexibility index (Phi) is 4.72. The van der Waals surface area contributed by atoms with Gasteiger partial charge in [-0.3, -0.25) is 23.5 Å². The molecule has 0 bridgehead atoms. The van der Waals surface area contributed by atoms with Crippen LogP contribution in [0.4, 0.5) is 5.69 Å². The van der Waals surface area contributed by atoms with E-state index in [4.69, 9.17) is 0 Å². The van der Waals surface area contributed by atoms with E-state index in [2.05, 4.69) is 10.3 Å². The molecule has 5 rings (SSSR count). The SMILES string of the molecule is Cn1c(=O)c2c(ncn2CC(=O)Nc2ccc3c(c2)CN(C(=O)C2CC2)CC3)n(C)c1=O. The molecular weight excluding hydrogens is 412 g/mol. The molecule has 1 fully saturated rings. The number of hydrogen-bond acceptors (Lipinski definition) is 5. The van der Waals surface area contributed by atoms with E-state index in [1.165, 1.54) is 35.1 Å². The smallest absolute Gasteiger partial charge is 0.332 e. The Morgan fingerprint density at radius 1 is 1.12 bits per heavy atom. The van der Waals surface area contributed by atoms with Crippen LogP contribution in [0.15, 0.2) is 34.1 Å². The first-order chi connectivity index (χ1) is 15.3. The maximum absolute atomic E-state index is 12.7. The van der Waals surface area contributed by atoms with Gasteiger partial charge in [0.05, 0.1) is 6.33 Å². The van der Waals surface area contributed by atoms with Crippen molar-refractivity contribution in [3.05, 3.63) is 56.5 Å². The zero-order valence-corrected chi connectivity index (χ0v) is 18.0. The summed E-state index contributed by atoms with van der Waals surface area (Å²) in [4.78, 5) is 55.8. The summed E-state index contributed by atoms with van der Waals surface area (Å²) in [7, 11) is 2.93. The molecule has 2 amide bonds. The van der Waals surface area contributed by atoms with Crippen molar-refractivity contribution in [2.75, 3.05) is 11.9 Å². The molecule has 2 aliphatic rings. The van der Waals surface area contributed by atoms with Gasteiger partial charge in [-0.25, -0.2) is 9.78 Å². The number of carbonyl (C=O) groups is 2. The molecule has 3 aromatic rings. The van der Waals surface area contributed by atoms with Crippen LogP contribution in [0.1, 0.15) is 24.0 Å². The van der Waals surface area contributed by atoms with E-state index in [1.807, 2.05) is 23.1 Å². The summed E-state index contributed by atoms with van der Waals surface area (Å²) in [5, 5.41) is 2.87. The average molecular weight is 436 g/mol. The Morgan fingerprint density at radius 3 is 2.66 bits per heavy atom. The lowest BCUT2D eigenvalue weighted by Gasteiger charge is -2.29. The third-order valence-corrected chi connectivity index (χ3v) is 6.27. The lowest BCUT2D eigenvalue weighted by molar-refractivity contribution is -0.133. The monoisotopic (exact) mass is 436 g/mol. The van der Waals surface area contributed by atoms with Crippen molar-refractivity contribution in [3.63, 3.8) is 0 Å². The van der Waals surface area contributed by atoms with Crippen LogP contribution in [0.5, 0.6) is 0 Å². The number of fused-ring (bicyclic) bond motifs is 2. The van der Waals surface area contributed by atoms with Gasteiger partial charge < -0.3 is 14.8 Å². The molecule has 10 heteroatoms. The molecule has 1 saturated carbocycles. The van der Waals surface area contributed by atoms with Crippen molar-refractivity contribution in [1.29, 1.82) is 0 Å². The second kappa shape index (κ2) is 7.47. The van der Waals surface area contributed by atoms with E-state index in [-0.39, 0.29) is 35.4 Å². The molecule has 3 heterocycles. The fraction of sp³-hybridized carbons (Fsp3) is 0.409. The molecule has 0 atom stereocenters. The Balaban J connectivity index is 1.34. The normalized spacial score (nSPS) is 15.6. The van der Waals surface area contributed by atoms with Crippen LogP contribution < -0.4 is 16.6 Å². The van der Waals surface area contributed by atoms with E-state index in [0.29, 0.717) is 12.2 Å². The Morgan fingerprint density at radius 2 is 1.91 bits per heavy atom. The number of carbonyl (C=O) groups excluding carboxylic acids is 2. The topological polar surface area (TPSA) is 111 Å². The molecule has 10 nitrogen and oxygen atoms in total. The van der Waals surface area contributed by atoms with Crippen molar-refractivity contribution >= 4 is 28.7 Å². The van der Waals surface area contributed by atoms with E-state index < -0.39 is 11.2 Å². The number of aryl methyl sites for hydroxylation is 1. The van der Waals surface area contributed by atoms with Crippen molar-refractivity contribution in [2.45, 2.75) is 32.4 Å². The fourth-order valence-corrected chi connectivity index (χ4v) is 4.28. The van der Waals surface area contributed by atoms with Crippen molar-refractivity contribution in [3.8, 4) is 0 Å². The first-order valence-electron chi connectivity index (χ1n) is 10.6. The maximum Gasteiger partial charge on any atom is 0.332 e. The van der Waals surface area contributed by atoms with Crippen LogP contribution in [0.2, 0.25) is 0 Å². The number of amides is 2. The quantitative estimate of drug-likeness (QED) is 0.635. The molecule has 0 saturated heterocycles. The van der Waals surface area contributed by atoms with Gasteiger partial charge in [0.2, 0.25) is 11.8 Å². The summed E-state index contributed by atoms with van der Waals surface area (Å²) in [6.07, 6.45) is 4.17. The van der Waals surface area contributed by atoms with Crippen LogP contribution in [0.25, 0.3) is 11.2 Å². The molecule has 166 valence electrons. The third-order valence-electron chi connectivity index (χ3n) is 6.27. The number of anilines is 1. The number of imidazole rings is 1. The standard InChI is InChI=1S/C22H24N6O4/c1-25-19-18(21(31)26(2)22(25)32)28(12-23-19)11-17(29)24-16-6-5-13-7-8-27(10-15(13)9-16)20(30)14-3-4-14/h5-6,9,12,14H,3-4,7-8,10-11H2,1-2H3,(H,24,29). The second-order valence-electron chi connectivity index (χ2n) is 8.57. The van der Waals surface area contributed by atoms with Crippen molar-refractivity contribution < 1.29 is 9.59 Å². The van der Waals surface area contributed by atoms with Gasteiger partial charge in [-0.05, 0) is 42.5 Å². The predicted octanol–water partition coefficient (Wildman–Crippen LogP) is 0.367. The summed E-state index contributed by atoms with van der Waals surface area (Å²) < 4.78 is 3.72. The summed E-state index contributed by atoms with van der Waals surface area (Å²) in [5.74, 6) is 0.103. The second-order valence-corrected chi connectivity index (χ2v) is 8.57. The molecule has 0 radical (unpaired) electrons. The molecule has 0 spiro atoms. The van der Waals surface area contributed by atoms with Gasteiger partial charge >= 0.3 is 5.69 Å². The third kappa shape index (κ3) is 3.41. The number of rotatable bonds is 4. The Bertz CT molecular complexity index is 1380. The Hall–Kier alpha value is -3.69. The van der Waals surface area contributed by atoms with Crippen molar-refractivity contribution in [2.24, 2.45) is 20.0 Å². The first kappa shape index (κ1) is 20.2. The molecule has 32 heavy (non-hydrogen) atoms. The van der Waals surface area contributed by atoms with Gasteiger partial charge in [0.25, 0.3) is 5.56 Å². The molecule has 1 aromatic carbocycles. The predicted molar refractivity (Wildman–Crippen MR) is 117 cm³/mol. The van der Waals surface area contributed by atoms with E-state index in [9.17, 15) is 19.2 Å². The van der Waals surface area contributed by atoms with Gasteiger partial charge in [0.15, 0.2) is 11.2 Å². The summed E-state index contributed by atoms with van der Waals surface area (Å²) in [6.45, 7) is 1.18. The lowest BCUT2D eigenvalue weighted by Crippen LogP contribution is -2.37. The van der Waals surface area contributed by atoms with Gasteiger partial charge in [-0.15, -0.1) is 0 Å². The summed E-state index contributed by atoms with van der Waals surface area (Å²) in [6, 6.07) is 5.75. The first-order valence-corrected chi connectivity index (χ1v) is 10.6. The largest absolute Gasteiger partial charge is 0.338 e. The minimum Gasteiger partial charge on any atom is -0.338 e. The van der Waals surface area contributed by atoms with Crippen LogP contribution >= 0.6 is 0 Å². The van der Waals surface area contributed by atoms with E-state index >= 15 is 0 Å². The minimum absolute atomic E-state index is 0.118. The molecule has 0 unspecified atom stereocenters. The summed E-state index contributed by atoms with van der Waals surface area (Å²) >= 11 is 0. The highest BCUT2D eigenvalue weighted by Gasteiger charge is 2.34. The number of hydrogen-bond donors (Lipinski definition) is 1. The van der Waals surface area contributed by atoms with E-state index in [1.54, 1.807) is 0 Å². The Labute approximate surface area is 183 Å². The maximum atomic E-state index is 12.7. The molecule has 1 aliphatic heterocycles. The van der Waals surface area contributed by atoms with Crippen LogP contribution in [-0.4, -0.2) is 41.9 Å². The zero-order chi connectivity index (χ0) is 22.6. The molecule has 2 aromatic heterocycles. The lowest BCUT2D eigenvalue weighted by atomic mass is 9.98. The highest BCUT2D eigenvalue weighted by molar-refractivity contribution is 5.91. The van der Waals surface area contributed by atoms with E-state index in [0.717, 1.165) is 35.9 Å². The van der Waals surface area contributed by atoms with Crippen LogP contribution in [0, 0.1) is 5.92 Å². The number of benzene rings is 1. The molecule has 1 N–H and O–H groups in total. The van der Waals surface area contributed by atoms with Crippen LogP contribution in [-0.2, 0) is 43.2 Å². The fourth-order valence-electron chi connectivity index (χ4n) is 4.28. The molecular formula is C22H24N6O4. The minimum atomic E-state index is -0.498. The number of nitrogens with one attached hydrogen (secondary N) is 1. The van der Waals surface area contributed by atoms with Gasteiger partial charge in [-0.2, -0.15) is 0 Å². The number of nitrogens with zero attached hydrogens (tertiary/aromatic N) is 5. The van der Waals surface area contributed by atoms with Gasteiger partial charge in [0.1, 0.15) is 6.54 Å². The van der Waals surface area contributed by atoms with Gasteiger partial charge in [0, 0.05) is 38.8 Å². The molecule has 1 aliphatic carbocycles. The highest BCUT2D eigenvalue weighted by Crippen LogP contribution is 2.33. The van der Waals surface area contributed by atoms with Gasteiger partial charge in [-0.1, -0.05) is 6.07 Å². The van der Waals surface area contributed by atoms with Crippen molar-refractivity contribution in [1.82, 2.24) is 23.6 Å². The highest BCUT2D eigenvalue weighted by atomic mass is 16.2. The summed E-state index contributed by atoms with van der Waals surface area (Å²) in [5.41, 5.74) is 2.33. The van der Waals surface area contributed by atoms with Crippen LogP contribution in [0.3, 0.4) is 0 Å². The number of aromatic nitrogens is 4.